The van der Waals surface area contributed by atoms with Crippen molar-refractivity contribution in [3.63, 3.8) is 0 Å². The summed E-state index contributed by atoms with van der Waals surface area (Å²) in [5.41, 5.74) is 0. The van der Waals surface area contributed by atoms with Gasteiger partial charge in [-0.05, 0) is 27.6 Å². The van der Waals surface area contributed by atoms with Gasteiger partial charge in [0.2, 0.25) is 0 Å². The van der Waals surface area contributed by atoms with Crippen LogP contribution in [0.4, 0.5) is 0 Å². The lowest BCUT2D eigenvalue weighted by Crippen LogP contribution is -2.27. The van der Waals surface area contributed by atoms with Crippen LogP contribution < -0.4 is 5.32 Å². The van der Waals surface area contributed by atoms with Crippen molar-refractivity contribution in [3.05, 3.63) is 0 Å². The zero-order valence-electron chi connectivity index (χ0n) is 6.89. The summed E-state index contributed by atoms with van der Waals surface area (Å²) in [6, 6.07) is 2.17. The molecule has 1 atom stereocenters. The van der Waals surface area contributed by atoms with Crippen LogP contribution in [-0.4, -0.2) is 38.6 Å². The average Bonchev–Trinajstić information content (AvgIpc) is 1.90. The molecule has 0 aliphatic carbocycles. The molecule has 0 spiro atoms. The van der Waals surface area contributed by atoms with E-state index >= 15 is 0 Å². The highest BCUT2D eigenvalue weighted by atomic mass is 15.1. The van der Waals surface area contributed by atoms with Crippen LogP contribution >= 0.6 is 0 Å². The largest absolute Gasteiger partial charge is 0.309 e. The number of rotatable bonds is 4. The van der Waals surface area contributed by atoms with Crippen molar-refractivity contribution in [1.82, 2.24) is 10.2 Å². The molecule has 0 amide bonds. The zero-order valence-corrected chi connectivity index (χ0v) is 6.89. The summed E-state index contributed by atoms with van der Waals surface area (Å²) in [5.74, 6) is 0. The lowest BCUT2D eigenvalue weighted by Gasteiger charge is -2.11. The first-order valence-electron chi connectivity index (χ1n) is 3.42. The summed E-state index contributed by atoms with van der Waals surface area (Å²) in [4.78, 5) is 2.07. The van der Waals surface area contributed by atoms with Gasteiger partial charge in [0.1, 0.15) is 0 Å². The number of nitrogens with one attached hydrogen (secondary N) is 1. The van der Waals surface area contributed by atoms with Crippen LogP contribution in [0.1, 0.15) is 6.42 Å². The lowest BCUT2D eigenvalue weighted by atomic mass is 10.2. The molecule has 0 rings (SSSR count). The second-order valence-electron chi connectivity index (χ2n) is 2.56. The summed E-state index contributed by atoms with van der Waals surface area (Å²) in [6.07, 6.45) is 0.889. The van der Waals surface area contributed by atoms with Crippen molar-refractivity contribution in [2.45, 2.75) is 12.5 Å². The summed E-state index contributed by atoms with van der Waals surface area (Å²) in [6.45, 7) is 0.957. The molecule has 0 saturated heterocycles. The normalized spacial score (nSPS) is 13.1. The van der Waals surface area contributed by atoms with Crippen LogP contribution in [0.15, 0.2) is 0 Å². The fourth-order valence-corrected chi connectivity index (χ4v) is 0.661. The van der Waals surface area contributed by atoms with Gasteiger partial charge >= 0.3 is 0 Å². The van der Waals surface area contributed by atoms with Crippen LogP contribution in [0.3, 0.4) is 0 Å². The van der Waals surface area contributed by atoms with E-state index in [2.05, 4.69) is 16.3 Å². The summed E-state index contributed by atoms with van der Waals surface area (Å²) in [7, 11) is 5.82. The number of nitrogens with zero attached hydrogens (tertiary/aromatic N) is 2. The molecule has 0 aliphatic heterocycles. The van der Waals surface area contributed by atoms with Crippen molar-refractivity contribution < 1.29 is 0 Å². The molecule has 58 valence electrons. The van der Waals surface area contributed by atoms with E-state index in [0.717, 1.165) is 13.0 Å². The summed E-state index contributed by atoms with van der Waals surface area (Å²) < 4.78 is 0. The number of hydrogen-bond acceptors (Lipinski definition) is 3. The van der Waals surface area contributed by atoms with E-state index in [0.29, 0.717) is 0 Å². The van der Waals surface area contributed by atoms with E-state index in [1.165, 1.54) is 0 Å². The minimum absolute atomic E-state index is 0.00222. The molecule has 1 N–H and O–H groups in total. The lowest BCUT2D eigenvalue weighted by molar-refractivity contribution is 0.384. The minimum atomic E-state index is 0.00222. The Morgan fingerprint density at radius 2 is 2.20 bits per heavy atom. The van der Waals surface area contributed by atoms with Crippen molar-refractivity contribution in [3.8, 4) is 6.07 Å². The van der Waals surface area contributed by atoms with Crippen molar-refractivity contribution >= 4 is 0 Å². The third-order valence-corrected chi connectivity index (χ3v) is 1.37. The molecule has 0 heterocycles. The van der Waals surface area contributed by atoms with E-state index in [4.69, 9.17) is 5.26 Å². The van der Waals surface area contributed by atoms with Gasteiger partial charge in [0.15, 0.2) is 0 Å². The summed E-state index contributed by atoms with van der Waals surface area (Å²) >= 11 is 0. The maximum atomic E-state index is 8.51. The fourth-order valence-electron chi connectivity index (χ4n) is 0.661. The highest BCUT2D eigenvalue weighted by Gasteiger charge is 2.02. The molecule has 0 aromatic carbocycles. The summed E-state index contributed by atoms with van der Waals surface area (Å²) in [5, 5.41) is 11.4. The number of hydrogen-bond donors (Lipinski definition) is 1. The van der Waals surface area contributed by atoms with Crippen molar-refractivity contribution in [2.75, 3.05) is 27.7 Å². The van der Waals surface area contributed by atoms with Gasteiger partial charge in [-0.1, -0.05) is 0 Å². The Morgan fingerprint density at radius 1 is 1.60 bits per heavy atom. The smallest absolute Gasteiger partial charge is 0.0962 e. The first-order valence-corrected chi connectivity index (χ1v) is 3.42. The molecule has 0 fully saturated rings. The van der Waals surface area contributed by atoms with E-state index in [-0.39, 0.29) is 6.04 Å². The van der Waals surface area contributed by atoms with E-state index in [1.807, 2.05) is 21.1 Å². The minimum Gasteiger partial charge on any atom is -0.309 e. The molecule has 0 bridgehead atoms. The Kier molecular flexibility index (Phi) is 4.91. The van der Waals surface area contributed by atoms with Crippen LogP contribution in [0.5, 0.6) is 0 Å². The Bertz CT molecular complexity index is 115. The van der Waals surface area contributed by atoms with E-state index < -0.39 is 0 Å². The average molecular weight is 141 g/mol. The molecule has 10 heavy (non-hydrogen) atoms. The fraction of sp³-hybridized carbons (Fsp3) is 0.857. The van der Waals surface area contributed by atoms with Gasteiger partial charge in [0, 0.05) is 6.54 Å². The molecular weight excluding hydrogens is 126 g/mol. The first kappa shape index (κ1) is 9.41. The highest BCUT2D eigenvalue weighted by Crippen LogP contribution is 1.89. The molecule has 1 unspecified atom stereocenters. The highest BCUT2D eigenvalue weighted by molar-refractivity contribution is 4.88. The second-order valence-corrected chi connectivity index (χ2v) is 2.56. The zero-order chi connectivity index (χ0) is 7.98. The molecule has 0 aromatic rings. The molecule has 0 aliphatic rings. The van der Waals surface area contributed by atoms with Gasteiger partial charge < -0.3 is 10.2 Å². The molecule has 0 aromatic heterocycles. The number of nitriles is 1. The molecular formula is C7H15N3. The third kappa shape index (κ3) is 4.30. The second kappa shape index (κ2) is 5.21. The molecule has 3 heteroatoms. The predicted octanol–water partition coefficient (Wildman–Crippen LogP) is 0.0497. The van der Waals surface area contributed by atoms with Crippen molar-refractivity contribution in [2.24, 2.45) is 0 Å². The molecule has 0 saturated carbocycles. The van der Waals surface area contributed by atoms with Crippen LogP contribution in [0, 0.1) is 11.3 Å². The Hall–Kier alpha value is -0.590. The quantitative estimate of drug-likeness (QED) is 0.601. The van der Waals surface area contributed by atoms with Crippen molar-refractivity contribution in [1.29, 1.82) is 5.26 Å². The van der Waals surface area contributed by atoms with E-state index in [9.17, 15) is 0 Å². The van der Waals surface area contributed by atoms with Gasteiger partial charge in [-0.2, -0.15) is 5.26 Å². The Labute approximate surface area is 62.6 Å². The van der Waals surface area contributed by atoms with Gasteiger partial charge in [-0.3, -0.25) is 0 Å². The molecule has 0 radical (unpaired) electrons. The Morgan fingerprint density at radius 3 is 2.50 bits per heavy atom. The van der Waals surface area contributed by atoms with Crippen LogP contribution in [0.25, 0.3) is 0 Å². The van der Waals surface area contributed by atoms with Crippen LogP contribution in [0.2, 0.25) is 0 Å². The molecule has 3 nitrogen and oxygen atoms in total. The van der Waals surface area contributed by atoms with Gasteiger partial charge in [0.25, 0.3) is 0 Å². The van der Waals surface area contributed by atoms with Crippen LogP contribution in [-0.2, 0) is 0 Å². The van der Waals surface area contributed by atoms with E-state index in [1.54, 1.807) is 0 Å². The predicted molar refractivity (Wildman–Crippen MR) is 41.6 cm³/mol. The van der Waals surface area contributed by atoms with Gasteiger partial charge in [-0.25, -0.2) is 0 Å². The van der Waals surface area contributed by atoms with Gasteiger partial charge in [-0.15, -0.1) is 0 Å². The standard InChI is InChI=1S/C7H15N3/c1-9-7(6-8)4-5-10(2)3/h7,9H,4-5H2,1-3H3. The Balaban J connectivity index is 3.38. The monoisotopic (exact) mass is 141 g/mol. The third-order valence-electron chi connectivity index (χ3n) is 1.37. The topological polar surface area (TPSA) is 39.1 Å². The first-order chi connectivity index (χ1) is 4.70. The SMILES string of the molecule is CNC(C#N)CCN(C)C. The maximum Gasteiger partial charge on any atom is 0.0962 e. The van der Waals surface area contributed by atoms with Gasteiger partial charge in [0.05, 0.1) is 12.1 Å². The maximum absolute atomic E-state index is 8.51.